The predicted octanol–water partition coefficient (Wildman–Crippen LogP) is 2.55. The number of hydrogen-bond donors (Lipinski definition) is 1. The standard InChI is InChI=1S/C19H20N2O3/c1-23-16-9-5-8-15(12-16)17-13-18(24-21-17)19(22)20-11-10-14-6-3-2-4-7-14/h2-9,12,18H,10-11,13H2,1H3,(H,20,22)/t18-/m1/s1. The SMILES string of the molecule is COc1cccc(C2=NO[C@@H](C(=O)NCCc3ccccc3)C2)c1. The summed E-state index contributed by atoms with van der Waals surface area (Å²) >= 11 is 0. The topological polar surface area (TPSA) is 59.9 Å². The summed E-state index contributed by atoms with van der Waals surface area (Å²) in [6, 6.07) is 17.6. The average molecular weight is 324 g/mol. The zero-order valence-corrected chi connectivity index (χ0v) is 13.6. The molecule has 0 aliphatic carbocycles. The van der Waals surface area contributed by atoms with Crippen LogP contribution < -0.4 is 10.1 Å². The second-order valence-electron chi connectivity index (χ2n) is 5.59. The van der Waals surface area contributed by atoms with Crippen LogP contribution in [0.1, 0.15) is 17.5 Å². The van der Waals surface area contributed by atoms with E-state index in [4.69, 9.17) is 9.57 Å². The number of hydrogen-bond acceptors (Lipinski definition) is 4. The van der Waals surface area contributed by atoms with Crippen LogP contribution in [0.2, 0.25) is 0 Å². The molecule has 5 heteroatoms. The van der Waals surface area contributed by atoms with Crippen LogP contribution in [0, 0.1) is 0 Å². The van der Waals surface area contributed by atoms with E-state index in [0.717, 1.165) is 23.4 Å². The molecule has 24 heavy (non-hydrogen) atoms. The molecule has 1 heterocycles. The number of nitrogens with one attached hydrogen (secondary N) is 1. The molecular formula is C19H20N2O3. The highest BCUT2D eigenvalue weighted by atomic mass is 16.6. The van der Waals surface area contributed by atoms with Crippen LogP contribution in [0.4, 0.5) is 0 Å². The van der Waals surface area contributed by atoms with Crippen LogP contribution in [0.25, 0.3) is 0 Å². The molecule has 0 saturated carbocycles. The van der Waals surface area contributed by atoms with Gasteiger partial charge in [0.2, 0.25) is 6.10 Å². The molecule has 5 nitrogen and oxygen atoms in total. The molecule has 1 aliphatic rings. The largest absolute Gasteiger partial charge is 0.497 e. The van der Waals surface area contributed by atoms with E-state index in [1.165, 1.54) is 5.56 Å². The minimum absolute atomic E-state index is 0.132. The Morgan fingerprint density at radius 1 is 1.25 bits per heavy atom. The fraction of sp³-hybridized carbons (Fsp3) is 0.263. The summed E-state index contributed by atoms with van der Waals surface area (Å²) in [4.78, 5) is 17.5. The zero-order valence-electron chi connectivity index (χ0n) is 13.6. The first kappa shape index (κ1) is 16.1. The Labute approximate surface area is 141 Å². The maximum atomic E-state index is 12.2. The van der Waals surface area contributed by atoms with Crippen molar-refractivity contribution in [3.63, 3.8) is 0 Å². The normalized spacial score (nSPS) is 16.2. The Morgan fingerprint density at radius 3 is 2.88 bits per heavy atom. The molecule has 0 spiro atoms. The lowest BCUT2D eigenvalue weighted by atomic mass is 10.0. The summed E-state index contributed by atoms with van der Waals surface area (Å²) in [5.74, 6) is 0.624. The van der Waals surface area contributed by atoms with Gasteiger partial charge in [0.1, 0.15) is 5.75 Å². The van der Waals surface area contributed by atoms with E-state index in [-0.39, 0.29) is 5.91 Å². The smallest absolute Gasteiger partial charge is 0.264 e. The van der Waals surface area contributed by atoms with Gasteiger partial charge in [0.25, 0.3) is 5.91 Å². The Bertz CT molecular complexity index is 728. The van der Waals surface area contributed by atoms with Crippen molar-refractivity contribution in [2.24, 2.45) is 5.16 Å². The number of nitrogens with zero attached hydrogens (tertiary/aromatic N) is 1. The number of oxime groups is 1. The maximum Gasteiger partial charge on any atom is 0.264 e. The first-order chi connectivity index (χ1) is 11.8. The summed E-state index contributed by atoms with van der Waals surface area (Å²) in [5, 5.41) is 6.96. The van der Waals surface area contributed by atoms with Crippen molar-refractivity contribution in [3.05, 3.63) is 65.7 Å². The van der Waals surface area contributed by atoms with Crippen molar-refractivity contribution < 1.29 is 14.4 Å². The lowest BCUT2D eigenvalue weighted by Gasteiger charge is -2.09. The van der Waals surface area contributed by atoms with Crippen molar-refractivity contribution >= 4 is 11.6 Å². The van der Waals surface area contributed by atoms with E-state index in [1.54, 1.807) is 7.11 Å². The van der Waals surface area contributed by atoms with Crippen molar-refractivity contribution in [2.75, 3.05) is 13.7 Å². The fourth-order valence-electron chi connectivity index (χ4n) is 2.58. The second kappa shape index (κ2) is 7.64. The van der Waals surface area contributed by atoms with Gasteiger partial charge in [0.15, 0.2) is 0 Å². The van der Waals surface area contributed by atoms with E-state index in [9.17, 15) is 4.79 Å². The molecule has 0 aromatic heterocycles. The highest BCUT2D eigenvalue weighted by molar-refractivity contribution is 6.04. The Hall–Kier alpha value is -2.82. The van der Waals surface area contributed by atoms with Crippen LogP contribution in [0.15, 0.2) is 59.8 Å². The first-order valence-corrected chi connectivity index (χ1v) is 7.95. The van der Waals surface area contributed by atoms with Crippen molar-refractivity contribution in [1.29, 1.82) is 0 Å². The molecule has 1 amide bonds. The molecule has 1 N–H and O–H groups in total. The van der Waals surface area contributed by atoms with Crippen molar-refractivity contribution in [2.45, 2.75) is 18.9 Å². The summed E-state index contributed by atoms with van der Waals surface area (Å²) in [6.45, 7) is 0.581. The molecular weight excluding hydrogens is 304 g/mol. The van der Waals surface area contributed by atoms with E-state index >= 15 is 0 Å². The average Bonchev–Trinajstić information content (AvgIpc) is 3.13. The fourth-order valence-corrected chi connectivity index (χ4v) is 2.58. The number of amides is 1. The van der Waals surface area contributed by atoms with Crippen LogP contribution in [-0.2, 0) is 16.1 Å². The highest BCUT2D eigenvalue weighted by Gasteiger charge is 2.28. The lowest BCUT2D eigenvalue weighted by Crippen LogP contribution is -2.36. The molecule has 0 unspecified atom stereocenters. The van der Waals surface area contributed by atoms with Crippen LogP contribution in [0.3, 0.4) is 0 Å². The number of ether oxygens (including phenoxy) is 1. The van der Waals surface area contributed by atoms with E-state index in [0.29, 0.717) is 13.0 Å². The van der Waals surface area contributed by atoms with Gasteiger partial charge in [-0.2, -0.15) is 0 Å². The Balaban J connectivity index is 1.50. The van der Waals surface area contributed by atoms with E-state index in [1.807, 2.05) is 54.6 Å². The molecule has 0 radical (unpaired) electrons. The predicted molar refractivity (Wildman–Crippen MR) is 92.2 cm³/mol. The third-order valence-electron chi connectivity index (χ3n) is 3.92. The molecule has 124 valence electrons. The van der Waals surface area contributed by atoms with E-state index in [2.05, 4.69) is 10.5 Å². The Morgan fingerprint density at radius 2 is 2.08 bits per heavy atom. The minimum Gasteiger partial charge on any atom is -0.497 e. The van der Waals surface area contributed by atoms with Gasteiger partial charge >= 0.3 is 0 Å². The van der Waals surface area contributed by atoms with Crippen LogP contribution in [-0.4, -0.2) is 31.4 Å². The third kappa shape index (κ3) is 3.93. The number of benzene rings is 2. The van der Waals surface area contributed by atoms with Crippen molar-refractivity contribution in [3.8, 4) is 5.75 Å². The van der Waals surface area contributed by atoms with Gasteiger partial charge in [0.05, 0.1) is 12.8 Å². The number of carbonyl (C=O) groups is 1. The molecule has 1 atom stereocenters. The van der Waals surface area contributed by atoms with Gasteiger partial charge in [-0.25, -0.2) is 0 Å². The number of rotatable bonds is 6. The van der Waals surface area contributed by atoms with Gasteiger partial charge in [-0.1, -0.05) is 47.6 Å². The zero-order chi connectivity index (χ0) is 16.8. The Kier molecular flexibility index (Phi) is 5.11. The monoisotopic (exact) mass is 324 g/mol. The van der Waals surface area contributed by atoms with E-state index < -0.39 is 6.10 Å². The molecule has 0 saturated heterocycles. The molecule has 1 aliphatic heterocycles. The van der Waals surface area contributed by atoms with Gasteiger partial charge in [-0.15, -0.1) is 0 Å². The second-order valence-corrected chi connectivity index (χ2v) is 5.59. The third-order valence-corrected chi connectivity index (χ3v) is 3.92. The van der Waals surface area contributed by atoms with Gasteiger partial charge in [-0.3, -0.25) is 4.79 Å². The van der Waals surface area contributed by atoms with Crippen molar-refractivity contribution in [1.82, 2.24) is 5.32 Å². The summed E-state index contributed by atoms with van der Waals surface area (Å²) in [5.41, 5.74) is 2.87. The minimum atomic E-state index is -0.568. The quantitative estimate of drug-likeness (QED) is 0.888. The van der Waals surface area contributed by atoms with Crippen LogP contribution >= 0.6 is 0 Å². The molecule has 3 rings (SSSR count). The molecule has 0 bridgehead atoms. The maximum absolute atomic E-state index is 12.2. The van der Waals surface area contributed by atoms with Gasteiger partial charge in [-0.05, 0) is 24.1 Å². The summed E-state index contributed by atoms with van der Waals surface area (Å²) in [7, 11) is 1.62. The highest BCUT2D eigenvalue weighted by Crippen LogP contribution is 2.20. The summed E-state index contributed by atoms with van der Waals surface area (Å²) in [6.07, 6.45) is 0.690. The molecule has 2 aromatic carbocycles. The first-order valence-electron chi connectivity index (χ1n) is 7.95. The van der Waals surface area contributed by atoms with Gasteiger partial charge < -0.3 is 14.9 Å². The summed E-state index contributed by atoms with van der Waals surface area (Å²) < 4.78 is 5.21. The van der Waals surface area contributed by atoms with Gasteiger partial charge in [0, 0.05) is 18.5 Å². The molecule has 0 fully saturated rings. The molecule has 2 aromatic rings. The number of carbonyl (C=O) groups excluding carboxylic acids is 1. The lowest BCUT2D eigenvalue weighted by molar-refractivity contribution is -0.131. The van der Waals surface area contributed by atoms with Crippen LogP contribution in [0.5, 0.6) is 5.75 Å². The number of methoxy groups -OCH3 is 1.